The van der Waals surface area contributed by atoms with Gasteiger partial charge >= 0.3 is 5.97 Å². The molecule has 0 aromatic rings. The molecule has 1 fully saturated rings. The van der Waals surface area contributed by atoms with E-state index in [4.69, 9.17) is 15.4 Å². The van der Waals surface area contributed by atoms with Gasteiger partial charge < -0.3 is 10.2 Å². The molecule has 1 heterocycles. The summed E-state index contributed by atoms with van der Waals surface area (Å²) in [6.45, 7) is -0.254. The van der Waals surface area contributed by atoms with Crippen LogP contribution in [-0.4, -0.2) is 47.6 Å². The van der Waals surface area contributed by atoms with Crippen molar-refractivity contribution in [3.8, 4) is 0 Å². The molecule has 0 aromatic heterocycles. The molecular formula is C5H10N2O5S. The molecular weight excluding hydrogens is 200 g/mol. The van der Waals surface area contributed by atoms with Crippen LogP contribution in [0.1, 0.15) is 6.42 Å². The highest BCUT2D eigenvalue weighted by Gasteiger charge is 2.41. The predicted molar refractivity (Wildman–Crippen MR) is 41.9 cm³/mol. The van der Waals surface area contributed by atoms with E-state index in [1.165, 1.54) is 0 Å². The van der Waals surface area contributed by atoms with E-state index < -0.39 is 28.3 Å². The fourth-order valence-corrected chi connectivity index (χ4v) is 2.20. The minimum Gasteiger partial charge on any atom is -0.480 e. The normalized spacial score (nSPS) is 30.6. The summed E-state index contributed by atoms with van der Waals surface area (Å²) in [5.74, 6) is -1.30. The van der Waals surface area contributed by atoms with Gasteiger partial charge in [0.1, 0.15) is 6.04 Å². The average molecular weight is 210 g/mol. The van der Waals surface area contributed by atoms with Gasteiger partial charge in [0.2, 0.25) is 0 Å². The van der Waals surface area contributed by atoms with Crippen LogP contribution in [-0.2, 0) is 15.0 Å². The van der Waals surface area contributed by atoms with Gasteiger partial charge in [0.15, 0.2) is 0 Å². The lowest BCUT2D eigenvalue weighted by atomic mass is 10.2. The van der Waals surface area contributed by atoms with Gasteiger partial charge in [-0.15, -0.1) is 0 Å². The number of carboxylic acid groups (broad SMARTS) is 1. The lowest BCUT2D eigenvalue weighted by molar-refractivity contribution is -0.140. The van der Waals surface area contributed by atoms with E-state index in [0.717, 1.165) is 0 Å². The molecule has 0 unspecified atom stereocenters. The van der Waals surface area contributed by atoms with Gasteiger partial charge in [0.25, 0.3) is 10.2 Å². The zero-order valence-electron chi connectivity index (χ0n) is 6.62. The van der Waals surface area contributed by atoms with Crippen molar-refractivity contribution < 1.29 is 23.4 Å². The summed E-state index contributed by atoms with van der Waals surface area (Å²) >= 11 is 0. The van der Waals surface area contributed by atoms with Gasteiger partial charge in [0, 0.05) is 13.0 Å². The first-order valence-electron chi connectivity index (χ1n) is 3.53. The SMILES string of the molecule is NS(=O)(=O)N1C[C@@H](O)C[C@H]1C(=O)O. The Bertz CT molecular complexity index is 313. The summed E-state index contributed by atoms with van der Waals surface area (Å²) in [6, 6.07) is -1.25. The van der Waals surface area contributed by atoms with Gasteiger partial charge in [-0.2, -0.15) is 12.7 Å². The van der Waals surface area contributed by atoms with Crippen molar-refractivity contribution in [3.05, 3.63) is 0 Å². The summed E-state index contributed by atoms with van der Waals surface area (Å²) in [7, 11) is -4.04. The maximum Gasteiger partial charge on any atom is 0.322 e. The molecule has 2 atom stereocenters. The second kappa shape index (κ2) is 3.22. The monoisotopic (exact) mass is 210 g/mol. The zero-order chi connectivity index (χ0) is 10.2. The third-order valence-electron chi connectivity index (χ3n) is 1.85. The van der Waals surface area contributed by atoms with Gasteiger partial charge in [-0.25, -0.2) is 5.14 Å². The molecule has 1 rings (SSSR count). The van der Waals surface area contributed by atoms with E-state index >= 15 is 0 Å². The smallest absolute Gasteiger partial charge is 0.322 e. The fourth-order valence-electron chi connectivity index (χ4n) is 1.29. The molecule has 13 heavy (non-hydrogen) atoms. The topological polar surface area (TPSA) is 121 Å². The van der Waals surface area contributed by atoms with Crippen LogP contribution in [0.3, 0.4) is 0 Å². The van der Waals surface area contributed by atoms with Crippen molar-refractivity contribution in [2.75, 3.05) is 6.54 Å². The summed E-state index contributed by atoms with van der Waals surface area (Å²) in [6.07, 6.45) is -1.08. The number of rotatable bonds is 2. The fraction of sp³-hybridized carbons (Fsp3) is 0.800. The molecule has 0 aromatic carbocycles. The van der Waals surface area contributed by atoms with Gasteiger partial charge in [-0.1, -0.05) is 0 Å². The van der Waals surface area contributed by atoms with Crippen LogP contribution in [0, 0.1) is 0 Å². The molecule has 1 aliphatic rings. The number of nitrogens with zero attached hydrogens (tertiary/aromatic N) is 1. The van der Waals surface area contributed by atoms with Gasteiger partial charge in [-0.3, -0.25) is 4.79 Å². The van der Waals surface area contributed by atoms with Crippen LogP contribution in [0.25, 0.3) is 0 Å². The van der Waals surface area contributed by atoms with Crippen LogP contribution in [0.2, 0.25) is 0 Å². The Morgan fingerprint density at radius 2 is 2.08 bits per heavy atom. The quantitative estimate of drug-likeness (QED) is 0.473. The second-order valence-electron chi connectivity index (χ2n) is 2.86. The number of hydrogen-bond donors (Lipinski definition) is 3. The van der Waals surface area contributed by atoms with Crippen LogP contribution in [0.15, 0.2) is 0 Å². The molecule has 1 aliphatic heterocycles. The van der Waals surface area contributed by atoms with Crippen LogP contribution >= 0.6 is 0 Å². The molecule has 4 N–H and O–H groups in total. The van der Waals surface area contributed by atoms with Crippen LogP contribution < -0.4 is 5.14 Å². The first kappa shape index (κ1) is 10.4. The molecule has 0 bridgehead atoms. The van der Waals surface area contributed by atoms with E-state index in [1.54, 1.807) is 0 Å². The maximum absolute atomic E-state index is 10.8. The number of nitrogens with two attached hydrogens (primary N) is 1. The number of aliphatic hydroxyl groups excluding tert-OH is 1. The Morgan fingerprint density at radius 3 is 2.38 bits per heavy atom. The van der Waals surface area contributed by atoms with Crippen molar-refractivity contribution in [2.24, 2.45) is 5.14 Å². The molecule has 0 aliphatic carbocycles. The van der Waals surface area contributed by atoms with Gasteiger partial charge in [0.05, 0.1) is 6.10 Å². The van der Waals surface area contributed by atoms with Crippen LogP contribution in [0.4, 0.5) is 0 Å². The lowest BCUT2D eigenvalue weighted by Crippen LogP contribution is -2.44. The highest BCUT2D eigenvalue weighted by Crippen LogP contribution is 2.19. The number of carboxylic acids is 1. The molecule has 8 heteroatoms. The maximum atomic E-state index is 10.8. The third kappa shape index (κ3) is 2.15. The van der Waals surface area contributed by atoms with E-state index in [-0.39, 0.29) is 13.0 Å². The molecule has 7 nitrogen and oxygen atoms in total. The minimum absolute atomic E-state index is 0.119. The largest absolute Gasteiger partial charge is 0.480 e. The second-order valence-corrected chi connectivity index (χ2v) is 4.36. The summed E-state index contributed by atoms with van der Waals surface area (Å²) in [5, 5.41) is 22.4. The van der Waals surface area contributed by atoms with Crippen LogP contribution in [0.5, 0.6) is 0 Å². The van der Waals surface area contributed by atoms with Crippen molar-refractivity contribution in [2.45, 2.75) is 18.6 Å². The molecule has 76 valence electrons. The van der Waals surface area contributed by atoms with Crippen molar-refractivity contribution in [1.29, 1.82) is 0 Å². The summed E-state index contributed by atoms with van der Waals surface area (Å²) in [5.41, 5.74) is 0. The molecule has 0 saturated carbocycles. The predicted octanol–water partition coefficient (Wildman–Crippen LogP) is -2.29. The van der Waals surface area contributed by atoms with Crippen molar-refractivity contribution >= 4 is 16.2 Å². The van der Waals surface area contributed by atoms with Crippen molar-refractivity contribution in [3.63, 3.8) is 0 Å². The Hall–Kier alpha value is -0.700. The standard InChI is InChI=1S/C5H10N2O5S/c6-13(11,12)7-2-3(8)1-4(7)5(9)10/h3-4,8H,1-2H2,(H,9,10)(H2,6,11,12)/t3-,4-/m0/s1. The number of β-amino-alcohol motifs (C(OH)–C–C–N with tert-alkyl or cyclic N) is 1. The summed E-state index contributed by atoms with van der Waals surface area (Å²) in [4.78, 5) is 10.5. The molecule has 1 saturated heterocycles. The van der Waals surface area contributed by atoms with E-state index in [9.17, 15) is 13.2 Å². The molecule has 0 radical (unpaired) electrons. The Labute approximate surface area is 74.9 Å². The number of hydrogen-bond acceptors (Lipinski definition) is 4. The number of carbonyl (C=O) groups is 1. The molecule has 0 spiro atoms. The number of aliphatic carboxylic acids is 1. The Morgan fingerprint density at radius 1 is 1.54 bits per heavy atom. The Kier molecular flexibility index (Phi) is 2.57. The van der Waals surface area contributed by atoms with E-state index in [1.807, 2.05) is 0 Å². The van der Waals surface area contributed by atoms with Crippen molar-refractivity contribution in [1.82, 2.24) is 4.31 Å². The zero-order valence-corrected chi connectivity index (χ0v) is 7.44. The molecule has 0 amide bonds. The number of aliphatic hydroxyl groups is 1. The average Bonchev–Trinajstić information content (AvgIpc) is 2.29. The van der Waals surface area contributed by atoms with E-state index in [0.29, 0.717) is 4.31 Å². The highest BCUT2D eigenvalue weighted by atomic mass is 32.2. The minimum atomic E-state index is -4.04. The lowest BCUT2D eigenvalue weighted by Gasteiger charge is -2.16. The highest BCUT2D eigenvalue weighted by molar-refractivity contribution is 7.86. The van der Waals surface area contributed by atoms with Gasteiger partial charge in [-0.05, 0) is 0 Å². The Balaban J connectivity index is 2.91. The first-order valence-corrected chi connectivity index (χ1v) is 5.03. The van der Waals surface area contributed by atoms with E-state index in [2.05, 4.69) is 0 Å². The summed E-state index contributed by atoms with van der Waals surface area (Å²) < 4.78 is 22.2. The third-order valence-corrected chi connectivity index (χ3v) is 2.90. The first-order chi connectivity index (χ1) is 5.82.